The molecule has 2 heterocycles. The Bertz CT molecular complexity index is 719. The molecule has 7 heteroatoms. The van der Waals surface area contributed by atoms with Crippen LogP contribution in [0.4, 0.5) is 0 Å². The van der Waals surface area contributed by atoms with E-state index in [2.05, 4.69) is 15.4 Å². The fourth-order valence-corrected chi connectivity index (χ4v) is 3.21. The van der Waals surface area contributed by atoms with Crippen LogP contribution in [0.25, 0.3) is 5.69 Å². The van der Waals surface area contributed by atoms with Crippen molar-refractivity contribution in [3.05, 3.63) is 40.9 Å². The Hall–Kier alpha value is -1.92. The van der Waals surface area contributed by atoms with Gasteiger partial charge in [-0.3, -0.25) is 4.79 Å². The summed E-state index contributed by atoms with van der Waals surface area (Å²) in [5, 5.41) is 8.00. The molecule has 0 unspecified atom stereocenters. The number of nitrogens with zero attached hydrogens (tertiary/aromatic N) is 3. The van der Waals surface area contributed by atoms with Gasteiger partial charge in [-0.1, -0.05) is 11.6 Å². The maximum Gasteiger partial charge on any atom is 0.291 e. The van der Waals surface area contributed by atoms with Crippen LogP contribution in [0.5, 0.6) is 0 Å². The zero-order chi connectivity index (χ0) is 17.3. The first kappa shape index (κ1) is 16.9. The molecule has 1 amide bonds. The van der Waals surface area contributed by atoms with E-state index in [1.165, 1.54) is 0 Å². The molecule has 0 spiro atoms. The number of aromatic nitrogens is 3. The summed E-state index contributed by atoms with van der Waals surface area (Å²) in [5.74, 6) is 0.572. The van der Waals surface area contributed by atoms with Crippen LogP contribution in [0.3, 0.4) is 0 Å². The summed E-state index contributed by atoms with van der Waals surface area (Å²) in [4.78, 5) is 16.8. The van der Waals surface area contributed by atoms with Crippen molar-refractivity contribution in [2.75, 3.05) is 0 Å². The minimum absolute atomic E-state index is 0.0824. The van der Waals surface area contributed by atoms with Crippen molar-refractivity contribution in [2.24, 2.45) is 0 Å². The number of hydrogen-bond acceptors (Lipinski definition) is 4. The van der Waals surface area contributed by atoms with Crippen LogP contribution in [-0.2, 0) is 4.74 Å². The van der Waals surface area contributed by atoms with Gasteiger partial charge in [-0.2, -0.15) is 0 Å². The zero-order valence-corrected chi connectivity index (χ0v) is 14.7. The van der Waals surface area contributed by atoms with E-state index in [0.29, 0.717) is 10.8 Å². The highest BCUT2D eigenvalue weighted by atomic mass is 35.5. The van der Waals surface area contributed by atoms with Crippen molar-refractivity contribution in [1.29, 1.82) is 0 Å². The largest absolute Gasteiger partial charge is 0.375 e. The van der Waals surface area contributed by atoms with Crippen molar-refractivity contribution in [2.45, 2.75) is 51.9 Å². The molecule has 1 N–H and O–H groups in total. The number of carbonyl (C=O) groups is 1. The molecule has 1 aromatic carbocycles. The number of amides is 1. The molecular weight excluding hydrogens is 328 g/mol. The molecule has 128 valence electrons. The smallest absolute Gasteiger partial charge is 0.291 e. The number of rotatable bonds is 3. The molecule has 1 aliphatic rings. The Labute approximate surface area is 146 Å². The number of aryl methyl sites for hydroxylation is 1. The van der Waals surface area contributed by atoms with Crippen LogP contribution >= 0.6 is 11.6 Å². The molecule has 2 atom stereocenters. The summed E-state index contributed by atoms with van der Waals surface area (Å²) in [6, 6.07) is 7.32. The third kappa shape index (κ3) is 3.76. The van der Waals surface area contributed by atoms with E-state index in [1.54, 1.807) is 16.8 Å². The highest BCUT2D eigenvalue weighted by Crippen LogP contribution is 2.19. The summed E-state index contributed by atoms with van der Waals surface area (Å²) in [7, 11) is 0. The predicted molar refractivity (Wildman–Crippen MR) is 91.6 cm³/mol. The predicted octanol–water partition coefficient (Wildman–Crippen LogP) is 2.91. The number of halogens is 1. The molecule has 0 saturated carbocycles. The van der Waals surface area contributed by atoms with E-state index in [4.69, 9.17) is 16.3 Å². The number of carbonyl (C=O) groups excluding carboxylic acids is 1. The van der Waals surface area contributed by atoms with Crippen LogP contribution in [-0.4, -0.2) is 38.9 Å². The third-order valence-electron chi connectivity index (χ3n) is 4.08. The lowest BCUT2D eigenvalue weighted by Gasteiger charge is -2.32. The van der Waals surface area contributed by atoms with Crippen molar-refractivity contribution in [3.8, 4) is 5.69 Å². The van der Waals surface area contributed by atoms with Crippen molar-refractivity contribution < 1.29 is 9.53 Å². The Morgan fingerprint density at radius 2 is 1.88 bits per heavy atom. The van der Waals surface area contributed by atoms with E-state index in [9.17, 15) is 4.79 Å². The standard InChI is InChI=1S/C17H21ClN4O2/c1-10-8-14(9-11(2)24-10)20-17(23)16-19-12(3)22(21-16)15-6-4-13(18)5-7-15/h4-7,10-11,14H,8-9H2,1-3H3,(H,20,23)/t10-,11-/m0/s1. The van der Waals surface area contributed by atoms with Crippen LogP contribution in [0.15, 0.2) is 24.3 Å². The maximum atomic E-state index is 12.5. The van der Waals surface area contributed by atoms with E-state index >= 15 is 0 Å². The Morgan fingerprint density at radius 3 is 2.50 bits per heavy atom. The molecular formula is C17H21ClN4O2. The van der Waals surface area contributed by atoms with Gasteiger partial charge in [0.15, 0.2) is 0 Å². The van der Waals surface area contributed by atoms with Gasteiger partial charge in [0, 0.05) is 11.1 Å². The van der Waals surface area contributed by atoms with Gasteiger partial charge in [0.25, 0.3) is 5.91 Å². The number of nitrogens with one attached hydrogen (secondary N) is 1. The van der Waals surface area contributed by atoms with Crippen molar-refractivity contribution in [3.63, 3.8) is 0 Å². The highest BCUT2D eigenvalue weighted by molar-refractivity contribution is 6.30. The lowest BCUT2D eigenvalue weighted by molar-refractivity contribution is -0.0408. The number of benzene rings is 1. The number of hydrogen-bond donors (Lipinski definition) is 1. The minimum Gasteiger partial charge on any atom is -0.375 e. The molecule has 0 radical (unpaired) electrons. The summed E-state index contributed by atoms with van der Waals surface area (Å²) >= 11 is 5.91. The van der Waals surface area contributed by atoms with Gasteiger partial charge in [0.05, 0.1) is 17.9 Å². The molecule has 2 aromatic rings. The van der Waals surface area contributed by atoms with Gasteiger partial charge in [-0.05, 0) is 57.9 Å². The first-order valence-electron chi connectivity index (χ1n) is 8.08. The summed E-state index contributed by atoms with van der Waals surface area (Å²) in [6.07, 6.45) is 1.88. The first-order chi connectivity index (χ1) is 11.4. The molecule has 1 aromatic heterocycles. The normalized spacial score (nSPS) is 23.9. The molecule has 0 bridgehead atoms. The van der Waals surface area contributed by atoms with Crippen LogP contribution in [0, 0.1) is 6.92 Å². The fraction of sp³-hybridized carbons (Fsp3) is 0.471. The van der Waals surface area contributed by atoms with E-state index in [0.717, 1.165) is 18.5 Å². The third-order valence-corrected chi connectivity index (χ3v) is 4.33. The summed E-state index contributed by atoms with van der Waals surface area (Å²) < 4.78 is 7.34. The molecule has 3 rings (SSSR count). The SMILES string of the molecule is Cc1nc(C(=O)NC2C[C@H](C)O[C@@H](C)C2)nn1-c1ccc(Cl)cc1. The minimum atomic E-state index is -0.253. The first-order valence-corrected chi connectivity index (χ1v) is 8.46. The molecule has 6 nitrogen and oxygen atoms in total. The second kappa shape index (κ2) is 6.91. The van der Waals surface area contributed by atoms with E-state index < -0.39 is 0 Å². The summed E-state index contributed by atoms with van der Waals surface area (Å²) in [5.41, 5.74) is 0.816. The molecule has 1 saturated heterocycles. The van der Waals surface area contributed by atoms with Crippen molar-refractivity contribution in [1.82, 2.24) is 20.1 Å². The van der Waals surface area contributed by atoms with Crippen LogP contribution in [0.2, 0.25) is 5.02 Å². The van der Waals surface area contributed by atoms with Gasteiger partial charge >= 0.3 is 0 Å². The zero-order valence-electron chi connectivity index (χ0n) is 14.0. The molecule has 24 heavy (non-hydrogen) atoms. The van der Waals surface area contributed by atoms with E-state index in [-0.39, 0.29) is 30.0 Å². The van der Waals surface area contributed by atoms with Crippen LogP contribution < -0.4 is 5.32 Å². The Morgan fingerprint density at radius 1 is 1.25 bits per heavy atom. The quantitative estimate of drug-likeness (QED) is 0.926. The Kier molecular flexibility index (Phi) is 4.87. The second-order valence-corrected chi connectivity index (χ2v) is 6.71. The lowest BCUT2D eigenvalue weighted by atomic mass is 10.00. The monoisotopic (exact) mass is 348 g/mol. The van der Waals surface area contributed by atoms with Crippen LogP contribution in [0.1, 0.15) is 43.1 Å². The average molecular weight is 349 g/mol. The summed E-state index contributed by atoms with van der Waals surface area (Å²) in [6.45, 7) is 5.86. The fourth-order valence-electron chi connectivity index (χ4n) is 3.09. The van der Waals surface area contributed by atoms with Gasteiger partial charge in [0.1, 0.15) is 5.82 Å². The van der Waals surface area contributed by atoms with Gasteiger partial charge in [-0.15, -0.1) is 5.10 Å². The topological polar surface area (TPSA) is 69.0 Å². The van der Waals surface area contributed by atoms with Gasteiger partial charge in [-0.25, -0.2) is 9.67 Å². The molecule has 1 aliphatic heterocycles. The molecule has 0 aliphatic carbocycles. The number of ether oxygens (including phenoxy) is 1. The Balaban J connectivity index is 1.74. The lowest BCUT2D eigenvalue weighted by Crippen LogP contribution is -2.44. The van der Waals surface area contributed by atoms with Gasteiger partial charge < -0.3 is 10.1 Å². The van der Waals surface area contributed by atoms with Crippen molar-refractivity contribution >= 4 is 17.5 Å². The highest BCUT2D eigenvalue weighted by Gasteiger charge is 2.27. The maximum absolute atomic E-state index is 12.5. The average Bonchev–Trinajstić information content (AvgIpc) is 2.89. The second-order valence-electron chi connectivity index (χ2n) is 6.27. The van der Waals surface area contributed by atoms with E-state index in [1.807, 2.05) is 32.9 Å². The molecule has 1 fully saturated rings. The van der Waals surface area contributed by atoms with Gasteiger partial charge in [0.2, 0.25) is 5.82 Å².